The average Bonchev–Trinajstić information content (AvgIpc) is 2.72. The van der Waals surface area contributed by atoms with Gasteiger partial charge in [-0.1, -0.05) is 12.1 Å². The number of nitro groups is 2. The molecule has 0 amide bonds. The lowest BCUT2D eigenvalue weighted by atomic mass is 10.1. The molecular weight excluding hydrogens is 368 g/mol. The van der Waals surface area contributed by atoms with E-state index < -0.39 is 15.8 Å². The van der Waals surface area contributed by atoms with E-state index in [1.165, 1.54) is 25.3 Å². The Labute approximate surface area is 160 Å². The molecule has 1 saturated heterocycles. The largest absolute Gasteiger partial charge is 0.465 e. The van der Waals surface area contributed by atoms with Gasteiger partial charge in [0.15, 0.2) is 0 Å². The SMILES string of the molecule is COC(=O)c1cc(N2CCN(c3ccccc3[N+](=O)[O-])CC2)ccc1[N+](=O)[O-]. The molecular formula is C18H18N4O6. The number of esters is 1. The molecule has 3 rings (SSSR count). The molecule has 2 aromatic carbocycles. The summed E-state index contributed by atoms with van der Waals surface area (Å²) in [6.07, 6.45) is 0. The molecule has 1 fully saturated rings. The van der Waals surface area contributed by atoms with Crippen LogP contribution in [0.25, 0.3) is 0 Å². The van der Waals surface area contributed by atoms with E-state index in [1.54, 1.807) is 24.3 Å². The van der Waals surface area contributed by atoms with Crippen LogP contribution >= 0.6 is 0 Å². The van der Waals surface area contributed by atoms with Gasteiger partial charge in [-0.3, -0.25) is 20.2 Å². The van der Waals surface area contributed by atoms with Crippen molar-refractivity contribution in [1.82, 2.24) is 0 Å². The Balaban J connectivity index is 1.79. The van der Waals surface area contributed by atoms with E-state index in [-0.39, 0.29) is 16.9 Å². The molecule has 0 aromatic heterocycles. The third-order valence-corrected chi connectivity index (χ3v) is 4.65. The van der Waals surface area contributed by atoms with E-state index in [9.17, 15) is 25.0 Å². The summed E-state index contributed by atoms with van der Waals surface area (Å²) >= 11 is 0. The van der Waals surface area contributed by atoms with E-state index in [1.807, 2.05) is 9.80 Å². The van der Waals surface area contributed by atoms with Gasteiger partial charge in [-0.05, 0) is 18.2 Å². The van der Waals surface area contributed by atoms with Gasteiger partial charge in [0.1, 0.15) is 11.3 Å². The zero-order valence-corrected chi connectivity index (χ0v) is 15.1. The number of nitro benzene ring substituents is 2. The number of methoxy groups -OCH3 is 1. The molecule has 1 aliphatic rings. The summed E-state index contributed by atoms with van der Waals surface area (Å²) in [6, 6.07) is 10.9. The lowest BCUT2D eigenvalue weighted by Gasteiger charge is -2.37. The molecule has 10 heteroatoms. The molecule has 0 saturated carbocycles. The van der Waals surface area contributed by atoms with Crippen molar-refractivity contribution in [3.8, 4) is 0 Å². The third kappa shape index (κ3) is 3.70. The van der Waals surface area contributed by atoms with Crippen molar-refractivity contribution in [2.45, 2.75) is 0 Å². The van der Waals surface area contributed by atoms with Gasteiger partial charge in [-0.15, -0.1) is 0 Å². The van der Waals surface area contributed by atoms with Crippen LogP contribution in [0, 0.1) is 20.2 Å². The molecule has 1 aliphatic heterocycles. The van der Waals surface area contributed by atoms with E-state index >= 15 is 0 Å². The second kappa shape index (κ2) is 7.91. The van der Waals surface area contributed by atoms with Crippen molar-refractivity contribution in [3.05, 3.63) is 68.3 Å². The van der Waals surface area contributed by atoms with Crippen LogP contribution < -0.4 is 9.80 Å². The smallest absolute Gasteiger partial charge is 0.344 e. The summed E-state index contributed by atoms with van der Waals surface area (Å²) in [7, 11) is 1.17. The van der Waals surface area contributed by atoms with Gasteiger partial charge in [-0.2, -0.15) is 0 Å². The molecule has 0 atom stereocenters. The first-order valence-corrected chi connectivity index (χ1v) is 8.52. The van der Waals surface area contributed by atoms with Crippen LogP contribution in [-0.2, 0) is 4.74 Å². The monoisotopic (exact) mass is 386 g/mol. The maximum atomic E-state index is 11.9. The molecule has 146 valence electrons. The predicted octanol–water partition coefficient (Wildman–Crippen LogP) is 2.62. The number of piperazine rings is 1. The molecule has 1 heterocycles. The predicted molar refractivity (Wildman–Crippen MR) is 102 cm³/mol. The number of carbonyl (C=O) groups is 1. The van der Waals surface area contributed by atoms with E-state index in [0.29, 0.717) is 37.6 Å². The number of nitrogens with zero attached hydrogens (tertiary/aromatic N) is 4. The van der Waals surface area contributed by atoms with Gasteiger partial charge >= 0.3 is 5.97 Å². The highest BCUT2D eigenvalue weighted by atomic mass is 16.6. The van der Waals surface area contributed by atoms with Gasteiger partial charge in [0, 0.05) is 44.0 Å². The Bertz CT molecular complexity index is 924. The van der Waals surface area contributed by atoms with Crippen molar-refractivity contribution < 1.29 is 19.4 Å². The highest BCUT2D eigenvalue weighted by Gasteiger charge is 2.26. The maximum absolute atomic E-state index is 11.9. The summed E-state index contributed by atoms with van der Waals surface area (Å²) in [5.41, 5.74) is 0.860. The molecule has 0 spiro atoms. The topological polar surface area (TPSA) is 119 Å². The van der Waals surface area contributed by atoms with Crippen molar-refractivity contribution in [3.63, 3.8) is 0 Å². The quantitative estimate of drug-likeness (QED) is 0.437. The first-order chi connectivity index (χ1) is 13.4. The van der Waals surface area contributed by atoms with Crippen molar-refractivity contribution >= 4 is 28.7 Å². The number of rotatable bonds is 5. The van der Waals surface area contributed by atoms with Crippen LogP contribution in [0.3, 0.4) is 0 Å². The van der Waals surface area contributed by atoms with Gasteiger partial charge in [0.2, 0.25) is 0 Å². The Morgan fingerprint density at radius 2 is 1.54 bits per heavy atom. The maximum Gasteiger partial charge on any atom is 0.344 e. The highest BCUT2D eigenvalue weighted by molar-refractivity contribution is 5.95. The molecule has 0 bridgehead atoms. The number of hydrogen-bond donors (Lipinski definition) is 0. The molecule has 2 aromatic rings. The van der Waals surface area contributed by atoms with E-state index in [4.69, 9.17) is 0 Å². The van der Waals surface area contributed by atoms with Crippen molar-refractivity contribution in [1.29, 1.82) is 0 Å². The van der Waals surface area contributed by atoms with Crippen LogP contribution in [0.5, 0.6) is 0 Å². The summed E-state index contributed by atoms with van der Waals surface area (Å²) in [5.74, 6) is -0.771. The fourth-order valence-corrected chi connectivity index (χ4v) is 3.24. The first-order valence-electron chi connectivity index (χ1n) is 8.52. The molecule has 0 aliphatic carbocycles. The lowest BCUT2D eigenvalue weighted by Crippen LogP contribution is -2.46. The number of carbonyl (C=O) groups excluding carboxylic acids is 1. The number of benzene rings is 2. The normalized spacial score (nSPS) is 13.9. The van der Waals surface area contributed by atoms with Crippen LogP contribution in [0.15, 0.2) is 42.5 Å². The summed E-state index contributed by atoms with van der Waals surface area (Å²) in [5, 5.41) is 22.4. The summed E-state index contributed by atoms with van der Waals surface area (Å²) < 4.78 is 4.65. The van der Waals surface area contributed by atoms with Crippen molar-refractivity contribution in [2.24, 2.45) is 0 Å². The summed E-state index contributed by atoms with van der Waals surface area (Å²) in [6.45, 7) is 2.17. The van der Waals surface area contributed by atoms with Gasteiger partial charge < -0.3 is 14.5 Å². The van der Waals surface area contributed by atoms with Gasteiger partial charge in [-0.25, -0.2) is 4.79 Å². The fraction of sp³-hybridized carbons (Fsp3) is 0.278. The van der Waals surface area contributed by atoms with Crippen molar-refractivity contribution in [2.75, 3.05) is 43.1 Å². The van der Waals surface area contributed by atoms with E-state index in [0.717, 1.165) is 0 Å². The number of anilines is 2. The second-order valence-corrected chi connectivity index (χ2v) is 6.17. The number of para-hydroxylation sites is 2. The Hall–Kier alpha value is -3.69. The Morgan fingerprint density at radius 3 is 2.14 bits per heavy atom. The van der Waals surface area contributed by atoms with Crippen LogP contribution in [-0.4, -0.2) is 49.1 Å². The number of hydrogen-bond acceptors (Lipinski definition) is 8. The van der Waals surface area contributed by atoms with Crippen LogP contribution in [0.1, 0.15) is 10.4 Å². The number of ether oxygens (including phenoxy) is 1. The molecule has 0 radical (unpaired) electrons. The summed E-state index contributed by atoms with van der Waals surface area (Å²) in [4.78, 5) is 37.2. The standard InChI is InChI=1S/C18H18N4O6/c1-28-18(23)14-12-13(6-7-15(14)21(24)25)19-8-10-20(11-9-19)16-4-2-3-5-17(16)22(26)27/h2-7,12H,8-11H2,1H3. The minimum absolute atomic E-state index is 0.0549. The minimum atomic E-state index is -0.771. The molecule has 28 heavy (non-hydrogen) atoms. The van der Waals surface area contributed by atoms with Crippen LogP contribution in [0.4, 0.5) is 22.7 Å². The second-order valence-electron chi connectivity index (χ2n) is 6.17. The van der Waals surface area contributed by atoms with Gasteiger partial charge in [0.25, 0.3) is 11.4 Å². The molecule has 0 N–H and O–H groups in total. The molecule has 10 nitrogen and oxygen atoms in total. The third-order valence-electron chi connectivity index (χ3n) is 4.65. The molecule has 0 unspecified atom stereocenters. The fourth-order valence-electron chi connectivity index (χ4n) is 3.24. The van der Waals surface area contributed by atoms with Crippen LogP contribution in [0.2, 0.25) is 0 Å². The van der Waals surface area contributed by atoms with E-state index in [2.05, 4.69) is 4.74 Å². The zero-order valence-electron chi connectivity index (χ0n) is 15.1. The lowest BCUT2D eigenvalue weighted by molar-refractivity contribution is -0.385. The zero-order chi connectivity index (χ0) is 20.3. The highest BCUT2D eigenvalue weighted by Crippen LogP contribution is 2.30. The Kier molecular flexibility index (Phi) is 5.39. The first kappa shape index (κ1) is 19.1. The average molecular weight is 386 g/mol. The minimum Gasteiger partial charge on any atom is -0.465 e. The van der Waals surface area contributed by atoms with Gasteiger partial charge in [0.05, 0.1) is 17.0 Å². The Morgan fingerprint density at radius 1 is 0.929 bits per heavy atom.